The number of nitrogens with zero attached hydrogens (tertiary/aromatic N) is 5. The zero-order valence-corrected chi connectivity index (χ0v) is 12.0. The third-order valence-corrected chi connectivity index (χ3v) is 3.40. The molecular formula is C10H13BrClN5. The summed E-state index contributed by atoms with van der Waals surface area (Å²) in [6, 6.07) is 0. The molecule has 2 heterocycles. The molecule has 0 aromatic carbocycles. The second-order valence-electron chi connectivity index (χ2n) is 3.82. The van der Waals surface area contributed by atoms with Crippen molar-refractivity contribution in [1.29, 1.82) is 0 Å². The minimum atomic E-state index is 0.605. The van der Waals surface area contributed by atoms with E-state index in [1.807, 2.05) is 20.2 Å². The van der Waals surface area contributed by atoms with Crippen LogP contribution >= 0.6 is 27.5 Å². The molecule has 7 heteroatoms. The summed E-state index contributed by atoms with van der Waals surface area (Å²) in [4.78, 5) is 0. The maximum absolute atomic E-state index is 6.16. The van der Waals surface area contributed by atoms with Crippen LogP contribution in [0.15, 0.2) is 6.20 Å². The van der Waals surface area contributed by atoms with Gasteiger partial charge in [0.15, 0.2) is 0 Å². The van der Waals surface area contributed by atoms with Gasteiger partial charge in [-0.3, -0.25) is 4.68 Å². The van der Waals surface area contributed by atoms with Gasteiger partial charge in [0.1, 0.15) is 5.15 Å². The molecule has 0 radical (unpaired) electrons. The zero-order chi connectivity index (χ0) is 12.4. The molecule has 2 aromatic rings. The van der Waals surface area contributed by atoms with E-state index in [-0.39, 0.29) is 0 Å². The molecule has 2 rings (SSSR count). The van der Waals surface area contributed by atoms with E-state index in [2.05, 4.69) is 31.3 Å². The van der Waals surface area contributed by atoms with Crippen molar-refractivity contribution in [2.24, 2.45) is 7.05 Å². The number of hydrogen-bond acceptors (Lipinski definition) is 3. The molecule has 0 amide bonds. The SMILES string of the molecule is Cc1nn(C)c(Cl)c1Cn1cc(CCBr)nn1. The van der Waals surface area contributed by atoms with E-state index in [9.17, 15) is 0 Å². The summed E-state index contributed by atoms with van der Waals surface area (Å²) >= 11 is 9.54. The molecule has 0 N–H and O–H groups in total. The van der Waals surface area contributed by atoms with Crippen LogP contribution in [0.25, 0.3) is 0 Å². The Hall–Kier alpha value is -0.880. The largest absolute Gasteiger partial charge is 0.256 e. The van der Waals surface area contributed by atoms with Crippen LogP contribution in [-0.2, 0) is 20.0 Å². The summed E-state index contributed by atoms with van der Waals surface area (Å²) in [6.45, 7) is 2.55. The summed E-state index contributed by atoms with van der Waals surface area (Å²) < 4.78 is 3.45. The van der Waals surface area contributed by atoms with Gasteiger partial charge < -0.3 is 0 Å². The fourth-order valence-electron chi connectivity index (χ4n) is 1.64. The standard InChI is InChI=1S/C10H13BrClN5/c1-7-9(10(12)16(2)14-7)6-17-5-8(3-4-11)13-15-17/h5H,3-4,6H2,1-2H3. The fourth-order valence-corrected chi connectivity index (χ4v) is 2.28. The summed E-state index contributed by atoms with van der Waals surface area (Å²) in [5.41, 5.74) is 2.89. The lowest BCUT2D eigenvalue weighted by molar-refractivity contribution is 0.647. The van der Waals surface area contributed by atoms with E-state index in [0.717, 1.165) is 28.7 Å². The lowest BCUT2D eigenvalue weighted by Gasteiger charge is -1.99. The molecule has 0 spiro atoms. The van der Waals surface area contributed by atoms with Crippen molar-refractivity contribution >= 4 is 27.5 Å². The van der Waals surface area contributed by atoms with Gasteiger partial charge in [-0.15, -0.1) is 5.10 Å². The molecule has 5 nitrogen and oxygen atoms in total. The van der Waals surface area contributed by atoms with Crippen LogP contribution < -0.4 is 0 Å². The van der Waals surface area contributed by atoms with Gasteiger partial charge in [-0.2, -0.15) is 5.10 Å². The van der Waals surface area contributed by atoms with Gasteiger partial charge >= 0.3 is 0 Å². The van der Waals surface area contributed by atoms with Crippen molar-refractivity contribution in [3.05, 3.63) is 28.3 Å². The fraction of sp³-hybridized carbons (Fsp3) is 0.500. The topological polar surface area (TPSA) is 48.5 Å². The Balaban J connectivity index is 2.19. The lowest BCUT2D eigenvalue weighted by Crippen LogP contribution is -2.01. The summed E-state index contributed by atoms with van der Waals surface area (Å²) in [6.07, 6.45) is 2.81. The molecule has 0 unspecified atom stereocenters. The number of rotatable bonds is 4. The number of halogens is 2. The van der Waals surface area contributed by atoms with Crippen molar-refractivity contribution in [2.45, 2.75) is 19.9 Å². The maximum Gasteiger partial charge on any atom is 0.132 e. The van der Waals surface area contributed by atoms with E-state index < -0.39 is 0 Å². The van der Waals surface area contributed by atoms with Crippen LogP contribution in [0, 0.1) is 6.92 Å². The van der Waals surface area contributed by atoms with Crippen LogP contribution in [-0.4, -0.2) is 30.1 Å². The average Bonchev–Trinajstić information content (AvgIpc) is 2.81. The molecule has 0 aliphatic carbocycles. The highest BCUT2D eigenvalue weighted by molar-refractivity contribution is 9.09. The molecule has 0 saturated carbocycles. The molecule has 0 fully saturated rings. The normalized spacial score (nSPS) is 11.1. The minimum Gasteiger partial charge on any atom is -0.256 e. The molecule has 0 saturated heterocycles. The first-order chi connectivity index (χ1) is 8.11. The van der Waals surface area contributed by atoms with Crippen LogP contribution in [0.2, 0.25) is 5.15 Å². The van der Waals surface area contributed by atoms with Gasteiger partial charge in [0.05, 0.1) is 17.9 Å². The van der Waals surface area contributed by atoms with Gasteiger partial charge in [0.25, 0.3) is 0 Å². The van der Waals surface area contributed by atoms with E-state index in [1.165, 1.54) is 0 Å². The first-order valence-electron chi connectivity index (χ1n) is 5.24. The highest BCUT2D eigenvalue weighted by Crippen LogP contribution is 2.19. The third-order valence-electron chi connectivity index (χ3n) is 2.53. The Kier molecular flexibility index (Phi) is 3.83. The molecule has 0 atom stereocenters. The minimum absolute atomic E-state index is 0.605. The van der Waals surface area contributed by atoms with Crippen molar-refractivity contribution in [1.82, 2.24) is 24.8 Å². The highest BCUT2D eigenvalue weighted by Gasteiger charge is 2.12. The zero-order valence-electron chi connectivity index (χ0n) is 9.69. The van der Waals surface area contributed by atoms with Gasteiger partial charge in [-0.1, -0.05) is 32.7 Å². The van der Waals surface area contributed by atoms with Crippen molar-refractivity contribution in [3.63, 3.8) is 0 Å². The smallest absolute Gasteiger partial charge is 0.132 e. The Labute approximate surface area is 113 Å². The van der Waals surface area contributed by atoms with Gasteiger partial charge in [0.2, 0.25) is 0 Å². The molecule has 0 bridgehead atoms. The summed E-state index contributed by atoms with van der Waals surface area (Å²) in [5.74, 6) is 0. The summed E-state index contributed by atoms with van der Waals surface area (Å²) in [5, 5.41) is 14.0. The lowest BCUT2D eigenvalue weighted by atomic mass is 10.2. The van der Waals surface area contributed by atoms with Crippen molar-refractivity contribution in [3.8, 4) is 0 Å². The van der Waals surface area contributed by atoms with Gasteiger partial charge in [-0.25, -0.2) is 4.68 Å². The molecule has 0 aliphatic heterocycles. The Morgan fingerprint density at radius 1 is 1.47 bits per heavy atom. The predicted molar refractivity (Wildman–Crippen MR) is 69.6 cm³/mol. The number of alkyl halides is 1. The van der Waals surface area contributed by atoms with Crippen LogP contribution in [0.3, 0.4) is 0 Å². The first kappa shape index (κ1) is 12.6. The number of hydrogen-bond donors (Lipinski definition) is 0. The monoisotopic (exact) mass is 317 g/mol. The molecular weight excluding hydrogens is 306 g/mol. The molecule has 92 valence electrons. The summed E-state index contributed by atoms with van der Waals surface area (Å²) in [7, 11) is 1.83. The third kappa shape index (κ3) is 2.69. The Bertz CT molecular complexity index is 519. The molecule has 0 aliphatic rings. The maximum atomic E-state index is 6.16. The van der Waals surface area contributed by atoms with Crippen LogP contribution in [0.4, 0.5) is 0 Å². The molecule has 2 aromatic heterocycles. The van der Waals surface area contributed by atoms with Crippen LogP contribution in [0.5, 0.6) is 0 Å². The predicted octanol–water partition coefficient (Wildman–Crippen LogP) is 1.96. The van der Waals surface area contributed by atoms with E-state index in [1.54, 1.807) is 9.36 Å². The number of aryl methyl sites for hydroxylation is 3. The van der Waals surface area contributed by atoms with E-state index in [4.69, 9.17) is 11.6 Å². The van der Waals surface area contributed by atoms with Crippen LogP contribution in [0.1, 0.15) is 17.0 Å². The van der Waals surface area contributed by atoms with Crippen molar-refractivity contribution < 1.29 is 0 Å². The van der Waals surface area contributed by atoms with E-state index >= 15 is 0 Å². The Morgan fingerprint density at radius 2 is 2.24 bits per heavy atom. The van der Waals surface area contributed by atoms with Gasteiger partial charge in [-0.05, 0) is 6.92 Å². The van der Waals surface area contributed by atoms with Crippen molar-refractivity contribution in [2.75, 3.05) is 5.33 Å². The second kappa shape index (κ2) is 5.18. The average molecular weight is 319 g/mol. The number of aromatic nitrogens is 5. The second-order valence-corrected chi connectivity index (χ2v) is 4.98. The Morgan fingerprint density at radius 3 is 2.82 bits per heavy atom. The first-order valence-corrected chi connectivity index (χ1v) is 6.74. The molecule has 17 heavy (non-hydrogen) atoms. The quantitative estimate of drug-likeness (QED) is 0.810. The van der Waals surface area contributed by atoms with E-state index in [0.29, 0.717) is 11.7 Å². The van der Waals surface area contributed by atoms with Gasteiger partial charge in [0, 0.05) is 30.6 Å². The highest BCUT2D eigenvalue weighted by atomic mass is 79.9.